The van der Waals surface area contributed by atoms with Crippen LogP contribution in [0.25, 0.3) is 0 Å². The molecule has 0 aromatic heterocycles. The molecule has 0 unspecified atom stereocenters. The third kappa shape index (κ3) is 4.31. The molecule has 4 N–H and O–H groups in total. The number of hydrogen-bond donors (Lipinski definition) is 3. The number of anilines is 1. The molecule has 2 heterocycles. The Kier molecular flexibility index (Phi) is 5.88. The fourth-order valence-electron chi connectivity index (χ4n) is 6.53. The van der Waals surface area contributed by atoms with E-state index in [1.165, 1.54) is 24.3 Å². The molecular weight excluding hydrogens is 549 g/mol. The van der Waals surface area contributed by atoms with Crippen LogP contribution in [0.1, 0.15) is 30.4 Å². The first-order valence-corrected chi connectivity index (χ1v) is 15.4. The number of carbonyl (C=O) groups excluding carboxylic acids is 1. The van der Waals surface area contributed by atoms with Crippen LogP contribution in [-0.2, 0) is 31.6 Å². The van der Waals surface area contributed by atoms with Crippen LogP contribution in [0, 0.1) is 30.5 Å². The summed E-state index contributed by atoms with van der Waals surface area (Å²) in [5.41, 5.74) is 0.688. The second-order valence-corrected chi connectivity index (χ2v) is 13.3. The molecular formula is C25H26FN5O6S2. The van der Waals surface area contributed by atoms with Gasteiger partial charge in [0.05, 0.1) is 5.69 Å². The first-order chi connectivity index (χ1) is 18.3. The van der Waals surface area contributed by atoms with Crippen LogP contribution >= 0.6 is 0 Å². The van der Waals surface area contributed by atoms with Gasteiger partial charge in [-0.15, -0.1) is 9.23 Å². The molecule has 0 spiro atoms. The molecule has 0 saturated heterocycles. The number of carbonyl (C=O) groups is 1. The van der Waals surface area contributed by atoms with Gasteiger partial charge in [-0.1, -0.05) is 18.2 Å². The Hall–Kier alpha value is -3.33. The second-order valence-electron chi connectivity index (χ2n) is 10.5. The minimum Gasteiger partial charge on any atom is -0.511 e. The van der Waals surface area contributed by atoms with Gasteiger partial charge in [-0.05, 0) is 73.4 Å². The highest BCUT2D eigenvalue weighted by Crippen LogP contribution is 2.55. The number of hydrazine groups is 1. The van der Waals surface area contributed by atoms with Crippen molar-refractivity contribution in [1.82, 2.24) is 9.73 Å². The van der Waals surface area contributed by atoms with Gasteiger partial charge in [-0.2, -0.15) is 16.8 Å². The van der Waals surface area contributed by atoms with Crippen LogP contribution in [0.5, 0.6) is 0 Å². The summed E-state index contributed by atoms with van der Waals surface area (Å²) >= 11 is 0. The molecule has 2 bridgehead atoms. The van der Waals surface area contributed by atoms with Crippen molar-refractivity contribution in [2.24, 2.45) is 27.3 Å². The van der Waals surface area contributed by atoms with Gasteiger partial charge < -0.3 is 10.0 Å². The van der Waals surface area contributed by atoms with Gasteiger partial charge in [-0.3, -0.25) is 4.79 Å². The topological polar surface area (TPSA) is 162 Å². The van der Waals surface area contributed by atoms with Crippen molar-refractivity contribution in [3.8, 4) is 0 Å². The second kappa shape index (κ2) is 8.84. The zero-order valence-corrected chi connectivity index (χ0v) is 22.4. The molecule has 0 radical (unpaired) electrons. The van der Waals surface area contributed by atoms with Gasteiger partial charge in [0, 0.05) is 18.5 Å². The normalized spacial score (nSPS) is 27.5. The van der Waals surface area contributed by atoms with Crippen LogP contribution in [0.2, 0.25) is 0 Å². The molecule has 1 amide bonds. The van der Waals surface area contributed by atoms with E-state index in [0.717, 1.165) is 24.3 Å². The number of aryl methyl sites for hydroxylation is 1. The van der Waals surface area contributed by atoms with Gasteiger partial charge in [0.1, 0.15) is 22.0 Å². The smallest absolute Gasteiger partial charge is 0.291 e. The molecule has 6 rings (SSSR count). The molecule has 2 aliphatic heterocycles. The van der Waals surface area contributed by atoms with E-state index in [9.17, 15) is 31.1 Å². The molecule has 11 nitrogen and oxygen atoms in total. The van der Waals surface area contributed by atoms with E-state index in [0.29, 0.717) is 11.1 Å². The number of rotatable bonds is 5. The summed E-state index contributed by atoms with van der Waals surface area (Å²) in [6.45, 7) is 1.74. The lowest BCUT2D eigenvalue weighted by molar-refractivity contribution is -0.134. The summed E-state index contributed by atoms with van der Waals surface area (Å²) < 4.78 is 68.3. The predicted octanol–water partition coefficient (Wildman–Crippen LogP) is 2.02. The first-order valence-electron chi connectivity index (χ1n) is 12.4. The van der Waals surface area contributed by atoms with E-state index in [2.05, 4.69) is 9.23 Å². The number of aliphatic hydroxyl groups excluding tert-OH is 1. The number of fused-ring (bicyclic) bond motifs is 6. The highest BCUT2D eigenvalue weighted by atomic mass is 32.2. The van der Waals surface area contributed by atoms with E-state index >= 15 is 0 Å². The summed E-state index contributed by atoms with van der Waals surface area (Å²) in [4.78, 5) is 17.5. The maximum Gasteiger partial charge on any atom is 0.291 e. The van der Waals surface area contributed by atoms with E-state index in [1.54, 1.807) is 30.0 Å². The van der Waals surface area contributed by atoms with Gasteiger partial charge in [0.2, 0.25) is 0 Å². The highest BCUT2D eigenvalue weighted by Gasteiger charge is 2.57. The SMILES string of the molecule is Cc1ccc2c(c1)S(=O)(=O)N=C(C1=C(O)[C@@H]3[C@H]4CC[C@H](C4)[C@@H]3N(Cc3ccc(F)cc3)C1=O)N2NS(N)(=O)=O. The molecule has 2 aromatic carbocycles. The molecule has 2 aromatic rings. The third-order valence-electron chi connectivity index (χ3n) is 8.04. The number of sulfonamides is 1. The van der Waals surface area contributed by atoms with E-state index < -0.39 is 49.3 Å². The lowest BCUT2D eigenvalue weighted by Crippen LogP contribution is -2.57. The Balaban J connectivity index is 1.53. The van der Waals surface area contributed by atoms with Crippen LogP contribution in [0.15, 0.2) is 63.1 Å². The molecule has 39 heavy (non-hydrogen) atoms. The molecule has 206 valence electrons. The lowest BCUT2D eigenvalue weighted by atomic mass is 9.77. The number of hydrogen-bond acceptors (Lipinski definition) is 7. The monoisotopic (exact) mass is 575 g/mol. The molecule has 4 atom stereocenters. The number of aliphatic hydroxyl groups is 1. The Morgan fingerprint density at radius 2 is 1.85 bits per heavy atom. The Bertz CT molecular complexity index is 1670. The number of benzene rings is 2. The first kappa shape index (κ1) is 25.9. The van der Waals surface area contributed by atoms with Crippen LogP contribution in [0.4, 0.5) is 10.1 Å². The van der Waals surface area contributed by atoms with E-state index in [-0.39, 0.29) is 40.8 Å². The van der Waals surface area contributed by atoms with Gasteiger partial charge in [0.15, 0.2) is 5.84 Å². The van der Waals surface area contributed by atoms with Crippen molar-refractivity contribution in [3.05, 3.63) is 70.7 Å². The summed E-state index contributed by atoms with van der Waals surface area (Å²) in [7, 11) is -8.88. The van der Waals surface area contributed by atoms with Crippen molar-refractivity contribution >= 4 is 37.7 Å². The van der Waals surface area contributed by atoms with Crippen molar-refractivity contribution in [3.63, 3.8) is 0 Å². The molecule has 2 fully saturated rings. The van der Waals surface area contributed by atoms with Crippen molar-refractivity contribution in [1.29, 1.82) is 0 Å². The fourth-order valence-corrected chi connectivity index (χ4v) is 8.23. The highest BCUT2D eigenvalue weighted by molar-refractivity contribution is 7.90. The zero-order chi connectivity index (χ0) is 27.9. The average Bonchev–Trinajstić information content (AvgIpc) is 3.47. The summed E-state index contributed by atoms with van der Waals surface area (Å²) in [5.74, 6) is -2.36. The molecule has 14 heteroatoms. The quantitative estimate of drug-likeness (QED) is 0.491. The largest absolute Gasteiger partial charge is 0.511 e. The van der Waals surface area contributed by atoms with Gasteiger partial charge in [0.25, 0.3) is 26.1 Å². The van der Waals surface area contributed by atoms with Crippen LogP contribution in [-0.4, -0.2) is 44.6 Å². The van der Waals surface area contributed by atoms with Crippen molar-refractivity contribution < 1.29 is 31.1 Å². The standard InChI is InChI=1S/C25H26FN5O6S2/c1-13-2-9-18-19(10-13)38(34,35)28-24(31(18)29-39(27,36)37)21-23(32)20-15-5-6-16(11-15)22(20)30(25(21)33)12-14-3-7-17(26)8-4-14/h2-4,7-10,15-16,20,22,29,32H,5-6,11-12H2,1H3,(H2,27,36,37)/t15-,16+,20+,22-/m0/s1. The maximum atomic E-state index is 14.1. The molecule has 2 aliphatic carbocycles. The number of nitrogens with one attached hydrogen (secondary N) is 1. The summed E-state index contributed by atoms with van der Waals surface area (Å²) in [5, 5.41) is 17.6. The zero-order valence-electron chi connectivity index (χ0n) is 20.8. The molecule has 2 saturated carbocycles. The fraction of sp³-hybridized carbons (Fsp3) is 0.360. The Labute approximate surface area is 225 Å². The van der Waals surface area contributed by atoms with Crippen LogP contribution in [0.3, 0.4) is 0 Å². The maximum absolute atomic E-state index is 14.1. The number of halogens is 1. The van der Waals surface area contributed by atoms with Gasteiger partial charge >= 0.3 is 0 Å². The number of nitrogens with zero attached hydrogens (tertiary/aromatic N) is 3. The summed E-state index contributed by atoms with van der Waals surface area (Å²) in [6, 6.07) is 9.59. The van der Waals surface area contributed by atoms with Gasteiger partial charge in [-0.25, -0.2) is 14.5 Å². The van der Waals surface area contributed by atoms with E-state index in [1.807, 2.05) is 0 Å². The van der Waals surface area contributed by atoms with Crippen molar-refractivity contribution in [2.45, 2.75) is 43.7 Å². The minimum atomic E-state index is -4.48. The molecule has 4 aliphatic rings. The van der Waals surface area contributed by atoms with E-state index in [4.69, 9.17) is 5.14 Å². The van der Waals surface area contributed by atoms with Crippen LogP contribution < -0.4 is 15.0 Å². The summed E-state index contributed by atoms with van der Waals surface area (Å²) in [6.07, 6.45) is 2.49. The lowest BCUT2D eigenvalue weighted by Gasteiger charge is -2.44. The Morgan fingerprint density at radius 1 is 1.15 bits per heavy atom. The number of amidine groups is 1. The Morgan fingerprint density at radius 3 is 2.54 bits per heavy atom. The number of amides is 1. The minimum absolute atomic E-state index is 0.0502. The predicted molar refractivity (Wildman–Crippen MR) is 139 cm³/mol. The average molecular weight is 576 g/mol. The van der Waals surface area contributed by atoms with Crippen molar-refractivity contribution in [2.75, 3.05) is 5.01 Å². The third-order valence-corrected chi connectivity index (χ3v) is 9.77. The number of nitrogens with two attached hydrogens (primary N) is 1.